The Hall–Kier alpha value is -2.49. The third-order valence-electron chi connectivity index (χ3n) is 3.68. The van der Waals surface area contributed by atoms with E-state index in [2.05, 4.69) is 17.6 Å². The van der Waals surface area contributed by atoms with Gasteiger partial charge < -0.3 is 15.4 Å². The number of ether oxygens (including phenoxy) is 1. The van der Waals surface area contributed by atoms with E-state index in [4.69, 9.17) is 4.74 Å². The van der Waals surface area contributed by atoms with E-state index in [9.17, 15) is 4.79 Å². The summed E-state index contributed by atoms with van der Waals surface area (Å²) in [5.41, 5.74) is 4.05. The van der Waals surface area contributed by atoms with Gasteiger partial charge in [-0.25, -0.2) is 0 Å². The molecule has 2 rings (SSSR count). The van der Waals surface area contributed by atoms with E-state index in [0.717, 1.165) is 34.7 Å². The Morgan fingerprint density at radius 2 is 1.83 bits per heavy atom. The van der Waals surface area contributed by atoms with Crippen molar-refractivity contribution in [1.29, 1.82) is 0 Å². The molecule has 0 atom stereocenters. The standard InChI is InChI=1S/C20H26N2O2/c1-5-16-8-6-7-15(4)20(16)22-19(23)13-21-17-9-11-18(12-10-17)24-14(2)3/h6-12,14,21H,5,13H2,1-4H3,(H,22,23). The largest absolute Gasteiger partial charge is 0.491 e. The molecule has 24 heavy (non-hydrogen) atoms. The van der Waals surface area contributed by atoms with Crippen molar-refractivity contribution in [2.75, 3.05) is 17.2 Å². The van der Waals surface area contributed by atoms with Crippen LogP contribution in [-0.4, -0.2) is 18.6 Å². The molecule has 0 bridgehead atoms. The number of carbonyl (C=O) groups is 1. The summed E-state index contributed by atoms with van der Waals surface area (Å²) in [5.74, 6) is 0.772. The summed E-state index contributed by atoms with van der Waals surface area (Å²) in [7, 11) is 0. The van der Waals surface area contributed by atoms with Gasteiger partial charge in [-0.2, -0.15) is 0 Å². The van der Waals surface area contributed by atoms with Crippen LogP contribution in [0, 0.1) is 6.92 Å². The van der Waals surface area contributed by atoms with Gasteiger partial charge in [-0.1, -0.05) is 25.1 Å². The number of amides is 1. The van der Waals surface area contributed by atoms with Crippen molar-refractivity contribution in [2.24, 2.45) is 0 Å². The minimum Gasteiger partial charge on any atom is -0.491 e. The van der Waals surface area contributed by atoms with Crippen molar-refractivity contribution in [3.63, 3.8) is 0 Å². The zero-order chi connectivity index (χ0) is 17.5. The molecule has 2 aromatic rings. The highest BCUT2D eigenvalue weighted by atomic mass is 16.5. The summed E-state index contributed by atoms with van der Waals surface area (Å²) in [6.07, 6.45) is 1.04. The van der Waals surface area contributed by atoms with Gasteiger partial charge in [0.1, 0.15) is 5.75 Å². The van der Waals surface area contributed by atoms with Crippen LogP contribution < -0.4 is 15.4 Å². The van der Waals surface area contributed by atoms with Crippen LogP contribution in [0.15, 0.2) is 42.5 Å². The summed E-state index contributed by atoms with van der Waals surface area (Å²) < 4.78 is 5.61. The minimum absolute atomic E-state index is 0.0542. The van der Waals surface area contributed by atoms with Crippen LogP contribution in [0.4, 0.5) is 11.4 Å². The number of nitrogens with one attached hydrogen (secondary N) is 2. The fourth-order valence-corrected chi connectivity index (χ4v) is 2.49. The molecule has 128 valence electrons. The minimum atomic E-state index is -0.0542. The summed E-state index contributed by atoms with van der Waals surface area (Å²) in [6.45, 7) is 8.31. The third-order valence-corrected chi connectivity index (χ3v) is 3.68. The molecule has 0 radical (unpaired) electrons. The van der Waals surface area contributed by atoms with Crippen LogP contribution >= 0.6 is 0 Å². The second-order valence-electron chi connectivity index (χ2n) is 6.06. The molecule has 0 saturated carbocycles. The Morgan fingerprint density at radius 1 is 1.12 bits per heavy atom. The number of hydrogen-bond acceptors (Lipinski definition) is 3. The van der Waals surface area contributed by atoms with Crippen LogP contribution in [0.2, 0.25) is 0 Å². The third kappa shape index (κ3) is 5.01. The molecule has 0 heterocycles. The molecule has 0 aliphatic rings. The SMILES string of the molecule is CCc1cccc(C)c1NC(=O)CNc1ccc(OC(C)C)cc1. The van der Waals surface area contributed by atoms with Gasteiger partial charge in [0.25, 0.3) is 0 Å². The maximum absolute atomic E-state index is 12.2. The smallest absolute Gasteiger partial charge is 0.243 e. The Balaban J connectivity index is 1.92. The van der Waals surface area contributed by atoms with E-state index in [1.54, 1.807) is 0 Å². The molecule has 4 nitrogen and oxygen atoms in total. The fourth-order valence-electron chi connectivity index (χ4n) is 2.49. The van der Waals surface area contributed by atoms with E-state index in [-0.39, 0.29) is 18.6 Å². The molecule has 0 aromatic heterocycles. The molecule has 0 fully saturated rings. The molecule has 0 unspecified atom stereocenters. The zero-order valence-electron chi connectivity index (χ0n) is 14.8. The van der Waals surface area contributed by atoms with E-state index in [1.807, 2.05) is 63.2 Å². The van der Waals surface area contributed by atoms with Crippen molar-refractivity contribution in [2.45, 2.75) is 40.2 Å². The zero-order valence-corrected chi connectivity index (χ0v) is 14.8. The van der Waals surface area contributed by atoms with Gasteiger partial charge in [0.2, 0.25) is 5.91 Å². The monoisotopic (exact) mass is 326 g/mol. The lowest BCUT2D eigenvalue weighted by Crippen LogP contribution is -2.22. The van der Waals surface area contributed by atoms with E-state index in [0.29, 0.717) is 0 Å². The van der Waals surface area contributed by atoms with Crippen LogP contribution in [0.1, 0.15) is 31.9 Å². The van der Waals surface area contributed by atoms with Crippen molar-refractivity contribution >= 4 is 17.3 Å². The summed E-state index contributed by atoms with van der Waals surface area (Å²) >= 11 is 0. The second-order valence-corrected chi connectivity index (χ2v) is 6.06. The number of anilines is 2. The van der Waals surface area contributed by atoms with Gasteiger partial charge in [0, 0.05) is 11.4 Å². The van der Waals surface area contributed by atoms with Crippen LogP contribution in [-0.2, 0) is 11.2 Å². The van der Waals surface area contributed by atoms with Crippen molar-refractivity contribution in [1.82, 2.24) is 0 Å². The lowest BCUT2D eigenvalue weighted by molar-refractivity contribution is -0.114. The highest BCUT2D eigenvalue weighted by molar-refractivity contribution is 5.95. The topological polar surface area (TPSA) is 50.4 Å². The molecular formula is C20H26N2O2. The summed E-state index contributed by atoms with van der Waals surface area (Å²) in [6, 6.07) is 13.7. The van der Waals surface area contributed by atoms with Gasteiger partial charge in [0.05, 0.1) is 12.6 Å². The van der Waals surface area contributed by atoms with Gasteiger partial charge in [0.15, 0.2) is 0 Å². The lowest BCUT2D eigenvalue weighted by Gasteiger charge is -2.14. The predicted octanol–water partition coefficient (Wildman–Crippen LogP) is 4.40. The predicted molar refractivity (Wildman–Crippen MR) is 99.9 cm³/mol. The maximum atomic E-state index is 12.2. The van der Waals surface area contributed by atoms with E-state index >= 15 is 0 Å². The number of hydrogen-bond donors (Lipinski definition) is 2. The molecule has 2 N–H and O–H groups in total. The number of aryl methyl sites for hydroxylation is 2. The Kier molecular flexibility index (Phi) is 6.24. The first kappa shape index (κ1) is 17.9. The molecular weight excluding hydrogens is 300 g/mol. The highest BCUT2D eigenvalue weighted by Crippen LogP contribution is 2.21. The number of para-hydroxylation sites is 1. The van der Waals surface area contributed by atoms with Crippen molar-refractivity contribution < 1.29 is 9.53 Å². The van der Waals surface area contributed by atoms with Crippen LogP contribution in [0.3, 0.4) is 0 Å². The van der Waals surface area contributed by atoms with Gasteiger partial charge in [-0.3, -0.25) is 4.79 Å². The van der Waals surface area contributed by atoms with Gasteiger partial charge in [-0.05, 0) is 62.6 Å². The first-order valence-corrected chi connectivity index (χ1v) is 8.38. The Morgan fingerprint density at radius 3 is 2.46 bits per heavy atom. The Labute approximate surface area is 144 Å². The summed E-state index contributed by atoms with van der Waals surface area (Å²) in [4.78, 5) is 12.2. The lowest BCUT2D eigenvalue weighted by atomic mass is 10.1. The van der Waals surface area contributed by atoms with Crippen molar-refractivity contribution in [3.05, 3.63) is 53.6 Å². The maximum Gasteiger partial charge on any atom is 0.243 e. The summed E-state index contributed by atoms with van der Waals surface area (Å²) in [5, 5.41) is 6.15. The quantitative estimate of drug-likeness (QED) is 0.793. The molecule has 0 saturated heterocycles. The average molecular weight is 326 g/mol. The second kappa shape index (κ2) is 8.39. The molecule has 4 heteroatoms. The highest BCUT2D eigenvalue weighted by Gasteiger charge is 2.08. The number of rotatable bonds is 7. The Bertz CT molecular complexity index is 679. The van der Waals surface area contributed by atoms with Crippen LogP contribution in [0.25, 0.3) is 0 Å². The number of benzene rings is 2. The first-order chi connectivity index (χ1) is 11.5. The molecule has 2 aromatic carbocycles. The fraction of sp³-hybridized carbons (Fsp3) is 0.350. The van der Waals surface area contributed by atoms with E-state index < -0.39 is 0 Å². The van der Waals surface area contributed by atoms with Crippen LogP contribution in [0.5, 0.6) is 5.75 Å². The van der Waals surface area contributed by atoms with Gasteiger partial charge >= 0.3 is 0 Å². The molecule has 0 aliphatic carbocycles. The number of carbonyl (C=O) groups excluding carboxylic acids is 1. The van der Waals surface area contributed by atoms with Crippen molar-refractivity contribution in [3.8, 4) is 5.75 Å². The van der Waals surface area contributed by atoms with Gasteiger partial charge in [-0.15, -0.1) is 0 Å². The molecule has 0 spiro atoms. The normalized spacial score (nSPS) is 10.5. The molecule has 0 aliphatic heterocycles. The first-order valence-electron chi connectivity index (χ1n) is 8.38. The molecule has 1 amide bonds. The average Bonchev–Trinajstić information content (AvgIpc) is 2.55. The van der Waals surface area contributed by atoms with E-state index in [1.165, 1.54) is 0 Å².